The van der Waals surface area contributed by atoms with Crippen LogP contribution in [-0.2, 0) is 17.9 Å². The van der Waals surface area contributed by atoms with Crippen molar-refractivity contribution < 1.29 is 4.79 Å². The van der Waals surface area contributed by atoms with E-state index in [1.54, 1.807) is 6.92 Å². The molecule has 0 aliphatic carbocycles. The van der Waals surface area contributed by atoms with Crippen LogP contribution in [0.3, 0.4) is 0 Å². The molecule has 19 heavy (non-hydrogen) atoms. The van der Waals surface area contributed by atoms with Crippen LogP contribution < -0.4 is 11.1 Å². The van der Waals surface area contributed by atoms with E-state index in [4.69, 9.17) is 5.73 Å². The van der Waals surface area contributed by atoms with Crippen molar-refractivity contribution in [1.82, 2.24) is 10.2 Å². The van der Waals surface area contributed by atoms with Gasteiger partial charge in [-0.25, -0.2) is 0 Å². The fraction of sp³-hybridized carbons (Fsp3) is 0.462. The molecule has 1 aromatic rings. The number of nitrogens with one attached hydrogen (secondary N) is 1. The van der Waals surface area contributed by atoms with Crippen LogP contribution in [0, 0.1) is 0 Å². The lowest BCUT2D eigenvalue weighted by molar-refractivity contribution is -0.122. The van der Waals surface area contributed by atoms with Crippen molar-refractivity contribution in [2.24, 2.45) is 5.73 Å². The molecule has 0 unspecified atom stereocenters. The molecule has 1 amide bonds. The third-order valence-corrected chi connectivity index (χ3v) is 2.47. The quantitative estimate of drug-likeness (QED) is 0.868. The van der Waals surface area contributed by atoms with E-state index in [0.717, 1.165) is 12.1 Å². The molecule has 0 saturated carbocycles. The molecule has 0 radical (unpaired) electrons. The Bertz CT molecular complexity index is 384. The largest absolute Gasteiger partial charge is 0.351 e. The number of carbonyl (C=O) groups excluding carboxylic acids is 1. The first-order valence-corrected chi connectivity index (χ1v) is 5.75. The Kier molecular flexibility index (Phi) is 10.8. The van der Waals surface area contributed by atoms with Crippen LogP contribution in [0.4, 0.5) is 0 Å². The van der Waals surface area contributed by atoms with Gasteiger partial charge in [-0.3, -0.25) is 4.79 Å². The molecule has 0 aliphatic rings. The molecular formula is C13H23Cl2N3O. The summed E-state index contributed by atoms with van der Waals surface area (Å²) in [6, 6.07) is 7.63. The van der Waals surface area contributed by atoms with Crippen molar-refractivity contribution in [3.8, 4) is 0 Å². The van der Waals surface area contributed by atoms with Crippen molar-refractivity contribution >= 4 is 30.7 Å². The van der Waals surface area contributed by atoms with Gasteiger partial charge in [0.1, 0.15) is 0 Å². The summed E-state index contributed by atoms with van der Waals surface area (Å²) in [5, 5.41) is 2.83. The summed E-state index contributed by atoms with van der Waals surface area (Å²) in [4.78, 5) is 13.5. The average Bonchev–Trinajstić information content (AvgIpc) is 2.26. The Morgan fingerprint density at radius 1 is 1.26 bits per heavy atom. The number of amides is 1. The molecule has 0 aromatic heterocycles. The second-order valence-electron chi connectivity index (χ2n) is 4.51. The van der Waals surface area contributed by atoms with Crippen molar-refractivity contribution in [3.05, 3.63) is 35.4 Å². The summed E-state index contributed by atoms with van der Waals surface area (Å²) in [6.07, 6.45) is 0. The maximum absolute atomic E-state index is 11.4. The number of hydrogen-bond acceptors (Lipinski definition) is 3. The van der Waals surface area contributed by atoms with Gasteiger partial charge in [0.15, 0.2) is 0 Å². The summed E-state index contributed by atoms with van der Waals surface area (Å²) in [7, 11) is 4.05. The summed E-state index contributed by atoms with van der Waals surface area (Å²) in [5.74, 6) is -0.121. The fourth-order valence-corrected chi connectivity index (χ4v) is 1.57. The zero-order valence-corrected chi connectivity index (χ0v) is 13.2. The zero-order valence-electron chi connectivity index (χ0n) is 11.6. The van der Waals surface area contributed by atoms with Gasteiger partial charge >= 0.3 is 0 Å². The average molecular weight is 308 g/mol. The number of nitrogens with zero attached hydrogens (tertiary/aromatic N) is 1. The summed E-state index contributed by atoms with van der Waals surface area (Å²) < 4.78 is 0. The van der Waals surface area contributed by atoms with E-state index >= 15 is 0 Å². The van der Waals surface area contributed by atoms with Crippen molar-refractivity contribution in [3.63, 3.8) is 0 Å². The number of hydrogen-bond donors (Lipinski definition) is 2. The van der Waals surface area contributed by atoms with E-state index in [1.165, 1.54) is 5.56 Å². The molecule has 0 heterocycles. The maximum Gasteiger partial charge on any atom is 0.236 e. The highest BCUT2D eigenvalue weighted by Crippen LogP contribution is 2.10. The first-order chi connectivity index (χ1) is 8.00. The first kappa shape index (κ1) is 20.5. The van der Waals surface area contributed by atoms with Gasteiger partial charge in [0.05, 0.1) is 6.04 Å². The van der Waals surface area contributed by atoms with E-state index in [-0.39, 0.29) is 30.7 Å². The maximum atomic E-state index is 11.4. The van der Waals surface area contributed by atoms with Crippen molar-refractivity contribution in [2.75, 3.05) is 14.1 Å². The standard InChI is InChI=1S/C13H21N3O.2ClH/c1-10(14)13(17)15-8-11-6-4-5-7-12(11)9-16(2)3;;/h4-7,10H,8-9,14H2,1-3H3,(H,15,17);2*1H/t10-;;/m0../s1. The SMILES string of the molecule is C[C@H](N)C(=O)NCc1ccccc1CN(C)C.Cl.Cl. The number of nitrogens with two attached hydrogens (primary N) is 1. The minimum Gasteiger partial charge on any atom is -0.351 e. The lowest BCUT2D eigenvalue weighted by Crippen LogP contribution is -2.38. The van der Waals surface area contributed by atoms with E-state index in [1.807, 2.05) is 32.3 Å². The highest BCUT2D eigenvalue weighted by atomic mass is 35.5. The Labute approximate surface area is 127 Å². The number of carbonyl (C=O) groups is 1. The van der Waals surface area contributed by atoms with Crippen LogP contribution >= 0.6 is 24.8 Å². The molecule has 0 aliphatic heterocycles. The van der Waals surface area contributed by atoms with Gasteiger partial charge < -0.3 is 16.0 Å². The molecule has 1 rings (SSSR count). The molecule has 0 spiro atoms. The third-order valence-electron chi connectivity index (χ3n) is 2.47. The van der Waals surface area contributed by atoms with E-state index < -0.39 is 6.04 Å². The van der Waals surface area contributed by atoms with Crippen LogP contribution in [0.1, 0.15) is 18.1 Å². The Balaban J connectivity index is 0. The molecule has 110 valence electrons. The number of rotatable bonds is 5. The highest BCUT2D eigenvalue weighted by Gasteiger charge is 2.08. The van der Waals surface area contributed by atoms with Crippen molar-refractivity contribution in [2.45, 2.75) is 26.1 Å². The van der Waals surface area contributed by atoms with Crippen LogP contribution in [0.15, 0.2) is 24.3 Å². The molecule has 0 saturated heterocycles. The van der Waals surface area contributed by atoms with Crippen LogP contribution in [0.25, 0.3) is 0 Å². The predicted octanol–water partition coefficient (Wildman–Crippen LogP) is 1.56. The Hall–Kier alpha value is -0.810. The van der Waals surface area contributed by atoms with Gasteiger partial charge in [-0.1, -0.05) is 24.3 Å². The lowest BCUT2D eigenvalue weighted by atomic mass is 10.1. The number of benzene rings is 1. The second-order valence-corrected chi connectivity index (χ2v) is 4.51. The number of halogens is 2. The molecule has 0 fully saturated rings. The van der Waals surface area contributed by atoms with Gasteiger partial charge in [-0.2, -0.15) is 0 Å². The monoisotopic (exact) mass is 307 g/mol. The predicted molar refractivity (Wildman–Crippen MR) is 83.8 cm³/mol. The fourth-order valence-electron chi connectivity index (χ4n) is 1.57. The molecule has 1 atom stereocenters. The van der Waals surface area contributed by atoms with Gasteiger partial charge in [-0.15, -0.1) is 24.8 Å². The molecule has 6 heteroatoms. The smallest absolute Gasteiger partial charge is 0.236 e. The zero-order chi connectivity index (χ0) is 12.8. The Morgan fingerprint density at radius 2 is 1.79 bits per heavy atom. The molecule has 1 aromatic carbocycles. The van der Waals surface area contributed by atoms with Gasteiger partial charge in [0.2, 0.25) is 5.91 Å². The second kappa shape index (κ2) is 10.0. The molecular weight excluding hydrogens is 285 g/mol. The lowest BCUT2D eigenvalue weighted by Gasteiger charge is -2.15. The van der Waals surface area contributed by atoms with E-state index in [9.17, 15) is 4.79 Å². The van der Waals surface area contributed by atoms with Gasteiger partial charge in [0.25, 0.3) is 0 Å². The summed E-state index contributed by atoms with van der Waals surface area (Å²) in [6.45, 7) is 3.08. The topological polar surface area (TPSA) is 58.4 Å². The minimum absolute atomic E-state index is 0. The first-order valence-electron chi connectivity index (χ1n) is 5.75. The molecule has 0 bridgehead atoms. The third kappa shape index (κ3) is 7.38. The van der Waals surface area contributed by atoms with Crippen LogP contribution in [0.5, 0.6) is 0 Å². The van der Waals surface area contributed by atoms with Crippen LogP contribution in [-0.4, -0.2) is 30.9 Å². The van der Waals surface area contributed by atoms with Crippen molar-refractivity contribution in [1.29, 1.82) is 0 Å². The summed E-state index contributed by atoms with van der Waals surface area (Å²) >= 11 is 0. The normalized spacial score (nSPS) is 11.2. The van der Waals surface area contributed by atoms with E-state index in [2.05, 4.69) is 16.3 Å². The van der Waals surface area contributed by atoms with Gasteiger partial charge in [-0.05, 0) is 32.1 Å². The highest BCUT2D eigenvalue weighted by molar-refractivity contribution is 5.85. The van der Waals surface area contributed by atoms with E-state index in [0.29, 0.717) is 6.54 Å². The Morgan fingerprint density at radius 3 is 2.26 bits per heavy atom. The molecule has 4 nitrogen and oxygen atoms in total. The van der Waals surface area contributed by atoms with Gasteiger partial charge in [0, 0.05) is 13.1 Å². The summed E-state index contributed by atoms with van der Waals surface area (Å²) in [5.41, 5.74) is 7.86. The molecule has 3 N–H and O–H groups in total. The minimum atomic E-state index is -0.462. The van der Waals surface area contributed by atoms with Crippen LogP contribution in [0.2, 0.25) is 0 Å².